The Hall–Kier alpha value is -6.19. The molecule has 3 fully saturated rings. The number of fused-ring (bicyclic) bond motifs is 5. The Morgan fingerprint density at radius 1 is 0.705 bits per heavy atom. The summed E-state index contributed by atoms with van der Waals surface area (Å²) in [7, 11) is 3.81. The summed E-state index contributed by atoms with van der Waals surface area (Å²) in [5.74, 6) is -22.4. The molecule has 2 saturated heterocycles. The van der Waals surface area contributed by atoms with Gasteiger partial charge < -0.3 is 10.0 Å². The number of allylic oxidation sites excluding steroid dienone is 2. The van der Waals surface area contributed by atoms with E-state index in [2.05, 4.69) is 10.2 Å². The van der Waals surface area contributed by atoms with Gasteiger partial charge in [-0.2, -0.15) is 10.2 Å². The van der Waals surface area contributed by atoms with Gasteiger partial charge in [-0.1, -0.05) is 42.0 Å². The lowest BCUT2D eigenvalue weighted by molar-refractivity contribution is -0.125. The van der Waals surface area contributed by atoms with Gasteiger partial charge in [0.25, 0.3) is 11.8 Å². The number of halogens is 7. The van der Waals surface area contributed by atoms with E-state index in [0.717, 1.165) is 10.6 Å². The maximum Gasteiger partial charge on any atom is 0.258 e. The number of carbonyl (C=O) groups excluding carboxylic acids is 4. The zero-order valence-corrected chi connectivity index (χ0v) is 33.4. The van der Waals surface area contributed by atoms with Crippen molar-refractivity contribution >= 4 is 86.0 Å². The molecule has 5 aromatic rings. The van der Waals surface area contributed by atoms with Crippen molar-refractivity contribution in [3.63, 3.8) is 0 Å². The van der Waals surface area contributed by atoms with Crippen molar-refractivity contribution < 1.29 is 46.2 Å². The van der Waals surface area contributed by atoms with Gasteiger partial charge in [-0.25, -0.2) is 26.9 Å². The third-order valence-corrected chi connectivity index (χ3v) is 13.6. The van der Waals surface area contributed by atoms with Crippen LogP contribution in [0, 0.1) is 46.8 Å². The molecule has 1 N–H and O–H groups in total. The number of azo groups is 1. The Bertz CT molecular complexity index is 2800. The van der Waals surface area contributed by atoms with Crippen LogP contribution in [0.2, 0.25) is 0 Å². The predicted octanol–water partition coefficient (Wildman–Crippen LogP) is 9.49. The second-order valence-electron chi connectivity index (χ2n) is 15.6. The molecule has 310 valence electrons. The second kappa shape index (κ2) is 14.2. The van der Waals surface area contributed by atoms with Crippen LogP contribution >= 0.6 is 23.2 Å². The van der Waals surface area contributed by atoms with Crippen molar-refractivity contribution in [3.05, 3.63) is 131 Å². The fraction of sp³-hybridized carbons (Fsp3) is 0.227. The highest BCUT2D eigenvalue weighted by Crippen LogP contribution is 2.67. The van der Waals surface area contributed by atoms with Crippen LogP contribution in [0.4, 0.5) is 50.4 Å². The molecule has 6 atom stereocenters. The first-order valence-electron chi connectivity index (χ1n) is 18.9. The Labute approximate surface area is 353 Å². The smallest absolute Gasteiger partial charge is 0.258 e. The molecular weight excluding hydrogens is 844 g/mol. The number of benzene rings is 5. The highest BCUT2D eigenvalue weighted by atomic mass is 35.5. The first-order chi connectivity index (χ1) is 29.0. The Morgan fingerprint density at radius 3 is 1.92 bits per heavy atom. The summed E-state index contributed by atoms with van der Waals surface area (Å²) in [5, 5.41) is 20.9. The maximum atomic E-state index is 15.5. The van der Waals surface area contributed by atoms with Crippen molar-refractivity contribution in [2.24, 2.45) is 28.0 Å². The van der Waals surface area contributed by atoms with Crippen LogP contribution in [0.5, 0.6) is 5.75 Å². The molecule has 9 rings (SSSR count). The molecule has 2 aliphatic carbocycles. The van der Waals surface area contributed by atoms with Crippen molar-refractivity contribution in [3.8, 4) is 5.75 Å². The number of aromatic hydroxyl groups is 1. The number of alkyl halides is 2. The fourth-order valence-corrected chi connectivity index (χ4v) is 10.2. The Balaban J connectivity index is 1.14. The van der Waals surface area contributed by atoms with E-state index < -0.39 is 104 Å². The molecule has 5 aromatic carbocycles. The SMILES string of the molecule is CN(C)c1ccc(N=Nc2ccc(N3C(=O)C4CC=C5C(CC6(Cl)C(=O)N(c7c(F)c(F)c(F)c(F)c7F)C(=O)C6(Cl)C5c5c(O)ccc6ccccc56)C4C3=O)cc2)cc1. The minimum Gasteiger partial charge on any atom is -0.508 e. The van der Waals surface area contributed by atoms with Gasteiger partial charge in [0.1, 0.15) is 11.4 Å². The van der Waals surface area contributed by atoms with E-state index in [1.807, 2.05) is 31.1 Å². The summed E-state index contributed by atoms with van der Waals surface area (Å²) in [6, 6.07) is 22.9. The zero-order valence-electron chi connectivity index (χ0n) is 31.8. The highest BCUT2D eigenvalue weighted by Gasteiger charge is 2.77. The highest BCUT2D eigenvalue weighted by molar-refractivity contribution is 6.58. The molecule has 0 spiro atoms. The van der Waals surface area contributed by atoms with Gasteiger partial charge in [0.2, 0.25) is 17.6 Å². The van der Waals surface area contributed by atoms with E-state index in [1.165, 1.54) is 18.2 Å². The minimum absolute atomic E-state index is 0.0556. The van der Waals surface area contributed by atoms with Gasteiger partial charge in [-0.15, -0.1) is 23.2 Å². The van der Waals surface area contributed by atoms with Crippen molar-refractivity contribution in [1.29, 1.82) is 0 Å². The summed E-state index contributed by atoms with van der Waals surface area (Å²) in [6.07, 6.45) is 0.801. The van der Waals surface area contributed by atoms with Crippen LogP contribution in [0.15, 0.2) is 107 Å². The average molecular weight is 875 g/mol. The monoisotopic (exact) mass is 873 g/mol. The molecule has 17 heteroatoms. The molecular formula is C44H30Cl2F5N5O5. The van der Waals surface area contributed by atoms with Gasteiger partial charge in [0.15, 0.2) is 33.0 Å². The summed E-state index contributed by atoms with van der Waals surface area (Å²) < 4.78 is 74.5. The van der Waals surface area contributed by atoms with E-state index >= 15 is 8.78 Å². The number of hydrogen-bond donors (Lipinski definition) is 1. The number of hydrogen-bond acceptors (Lipinski definition) is 8. The Kier molecular flexibility index (Phi) is 9.36. The molecule has 2 heterocycles. The maximum absolute atomic E-state index is 15.5. The molecule has 0 radical (unpaired) electrons. The number of imide groups is 2. The number of carbonyl (C=O) groups is 4. The number of anilines is 3. The van der Waals surface area contributed by atoms with Gasteiger partial charge in [-0.3, -0.25) is 24.1 Å². The van der Waals surface area contributed by atoms with Gasteiger partial charge in [0.05, 0.1) is 28.9 Å². The summed E-state index contributed by atoms with van der Waals surface area (Å²) in [6.45, 7) is 0. The lowest BCUT2D eigenvalue weighted by atomic mass is 9.56. The largest absolute Gasteiger partial charge is 0.508 e. The van der Waals surface area contributed by atoms with E-state index in [-0.39, 0.29) is 28.1 Å². The van der Waals surface area contributed by atoms with Crippen LogP contribution in [-0.4, -0.2) is 52.6 Å². The first kappa shape index (κ1) is 40.2. The summed E-state index contributed by atoms with van der Waals surface area (Å²) in [4.78, 5) is 55.3. The average Bonchev–Trinajstić information content (AvgIpc) is 3.59. The molecule has 1 saturated carbocycles. The van der Waals surface area contributed by atoms with Crippen LogP contribution in [0.1, 0.15) is 24.3 Å². The van der Waals surface area contributed by atoms with Crippen molar-refractivity contribution in [1.82, 2.24) is 0 Å². The topological polar surface area (TPSA) is 123 Å². The van der Waals surface area contributed by atoms with Crippen LogP contribution < -0.4 is 14.7 Å². The molecule has 61 heavy (non-hydrogen) atoms. The van der Waals surface area contributed by atoms with Gasteiger partial charge in [0, 0.05) is 31.3 Å². The molecule has 4 amide bonds. The van der Waals surface area contributed by atoms with Gasteiger partial charge >= 0.3 is 0 Å². The molecule has 4 aliphatic rings. The van der Waals surface area contributed by atoms with Crippen LogP contribution in [0.25, 0.3) is 10.8 Å². The molecule has 2 aliphatic heterocycles. The Morgan fingerprint density at radius 2 is 1.30 bits per heavy atom. The lowest BCUT2D eigenvalue weighted by Crippen LogP contribution is -2.60. The van der Waals surface area contributed by atoms with Gasteiger partial charge in [-0.05, 0) is 84.1 Å². The molecule has 6 unspecified atom stereocenters. The molecule has 0 bridgehead atoms. The quantitative estimate of drug-likeness (QED) is 0.0345. The van der Waals surface area contributed by atoms with Crippen molar-refractivity contribution in [2.45, 2.75) is 28.5 Å². The van der Waals surface area contributed by atoms with Crippen molar-refractivity contribution in [2.75, 3.05) is 28.8 Å². The van der Waals surface area contributed by atoms with Crippen LogP contribution in [-0.2, 0) is 19.2 Å². The third-order valence-electron chi connectivity index (χ3n) is 12.2. The molecule has 10 nitrogen and oxygen atoms in total. The van der Waals surface area contributed by atoms with E-state index in [1.54, 1.807) is 60.7 Å². The third kappa shape index (κ3) is 5.66. The molecule has 0 aromatic heterocycles. The minimum atomic E-state index is -2.80. The first-order valence-corrected chi connectivity index (χ1v) is 19.6. The number of phenolic OH excluding ortho intramolecular Hbond substituents is 1. The number of nitrogens with zero attached hydrogens (tertiary/aromatic N) is 5. The summed E-state index contributed by atoms with van der Waals surface area (Å²) in [5.41, 5.74) is 0.425. The van der Waals surface area contributed by atoms with E-state index in [4.69, 9.17) is 23.2 Å². The standard InChI is InChI=1S/C44H30Cl2F5N5O5/c1-54(2)23-12-8-21(9-13-23)52-53-22-10-14-24(15-11-22)55-39(58)27-17-16-26-28(30(27)40(55)59)19-43(45)41(60)56(38-36(50)34(48)33(47)35(49)37(38)51)42(61)44(43,46)32(26)31-25-6-4-3-5-20(25)7-18-29(31)57/h3-16,18,27-28,30,32,57H,17,19H2,1-2H3. The lowest BCUT2D eigenvalue weighted by Gasteiger charge is -2.51. The van der Waals surface area contributed by atoms with E-state index in [0.29, 0.717) is 22.1 Å². The van der Waals surface area contributed by atoms with Crippen LogP contribution in [0.3, 0.4) is 0 Å². The summed E-state index contributed by atoms with van der Waals surface area (Å²) >= 11 is 14.6. The zero-order chi connectivity index (χ0) is 43.4. The second-order valence-corrected chi connectivity index (χ2v) is 16.8. The number of phenols is 1. The number of amides is 4. The number of rotatable bonds is 6. The predicted molar refractivity (Wildman–Crippen MR) is 216 cm³/mol. The van der Waals surface area contributed by atoms with E-state index in [9.17, 15) is 37.5 Å². The normalized spacial score (nSPS) is 26.0. The fourth-order valence-electron chi connectivity index (χ4n) is 9.33.